The van der Waals surface area contributed by atoms with Crippen LogP contribution in [-0.2, 0) is 0 Å². The molecule has 0 fully saturated rings. The Hall–Kier alpha value is -2.31. The van der Waals surface area contributed by atoms with E-state index in [1.807, 2.05) is 18.2 Å². The number of hydrogen-bond donors (Lipinski definition) is 1. The average molecular weight is 292 g/mol. The van der Waals surface area contributed by atoms with Gasteiger partial charge in [-0.05, 0) is 29.3 Å². The second-order valence-electron chi connectivity index (χ2n) is 4.74. The van der Waals surface area contributed by atoms with Gasteiger partial charge in [-0.15, -0.1) is 0 Å². The summed E-state index contributed by atoms with van der Waals surface area (Å²) in [5.74, 6) is 5.91. The fourth-order valence-corrected chi connectivity index (χ4v) is 2.54. The van der Waals surface area contributed by atoms with E-state index in [2.05, 4.69) is 24.5 Å². The zero-order valence-corrected chi connectivity index (χ0v) is 12.1. The molecule has 0 unspecified atom stereocenters. The third-order valence-electron chi connectivity index (χ3n) is 3.40. The smallest absolute Gasteiger partial charge is 0.234 e. The van der Waals surface area contributed by atoms with Gasteiger partial charge >= 0.3 is 0 Å². The molecular formula is C18H12O2S. The molecule has 3 rings (SSSR count). The topological polar surface area (TPSA) is 34.1 Å². The summed E-state index contributed by atoms with van der Waals surface area (Å²) < 4.78 is 0. The van der Waals surface area contributed by atoms with Gasteiger partial charge in [-0.1, -0.05) is 36.1 Å². The van der Waals surface area contributed by atoms with E-state index in [0.717, 1.165) is 16.7 Å². The molecule has 2 aromatic rings. The molecule has 0 atom stereocenters. The van der Waals surface area contributed by atoms with Crippen molar-refractivity contribution in [2.75, 3.05) is 5.75 Å². The Morgan fingerprint density at radius 1 is 0.857 bits per heavy atom. The van der Waals surface area contributed by atoms with Gasteiger partial charge < -0.3 is 0 Å². The molecule has 102 valence electrons. The average Bonchev–Trinajstić information content (AvgIpc) is 2.53. The van der Waals surface area contributed by atoms with Crippen LogP contribution in [0.5, 0.6) is 0 Å². The van der Waals surface area contributed by atoms with Crippen LogP contribution in [0.4, 0.5) is 0 Å². The van der Waals surface area contributed by atoms with E-state index in [4.69, 9.17) is 0 Å². The van der Waals surface area contributed by atoms with Crippen LogP contribution in [0.3, 0.4) is 0 Å². The Morgan fingerprint density at radius 2 is 1.52 bits per heavy atom. The maximum absolute atomic E-state index is 12.2. The van der Waals surface area contributed by atoms with Gasteiger partial charge in [-0.3, -0.25) is 9.59 Å². The lowest BCUT2D eigenvalue weighted by atomic mass is 9.83. The lowest BCUT2D eigenvalue weighted by Gasteiger charge is -2.17. The first kappa shape index (κ1) is 13.7. The fourth-order valence-electron chi connectivity index (χ4n) is 2.42. The Kier molecular flexibility index (Phi) is 3.64. The molecule has 3 heteroatoms. The molecule has 0 saturated heterocycles. The highest BCUT2D eigenvalue weighted by molar-refractivity contribution is 7.80. The highest BCUT2D eigenvalue weighted by Gasteiger charge is 2.29. The van der Waals surface area contributed by atoms with Crippen LogP contribution in [0.25, 0.3) is 11.1 Å². The molecule has 0 radical (unpaired) electrons. The monoisotopic (exact) mass is 292 g/mol. The van der Waals surface area contributed by atoms with Gasteiger partial charge in [0.2, 0.25) is 11.6 Å². The van der Waals surface area contributed by atoms with Crippen LogP contribution in [0, 0.1) is 11.8 Å². The van der Waals surface area contributed by atoms with Crippen molar-refractivity contribution in [2.24, 2.45) is 0 Å². The van der Waals surface area contributed by atoms with Gasteiger partial charge in [0.1, 0.15) is 0 Å². The van der Waals surface area contributed by atoms with Gasteiger partial charge in [0.05, 0.1) is 0 Å². The maximum Gasteiger partial charge on any atom is 0.234 e. The first-order valence-electron chi connectivity index (χ1n) is 6.64. The van der Waals surface area contributed by atoms with Crippen molar-refractivity contribution in [2.45, 2.75) is 6.42 Å². The lowest BCUT2D eigenvalue weighted by Crippen LogP contribution is -2.21. The molecule has 0 bridgehead atoms. The standard InChI is InChI=1S/C18H12O2S/c19-17-14-7-2-1-6-13(14)16-11-12(5-3-4-10-21)8-9-15(16)18(17)20/h1-2,6-9,11,21H,4,10H2. The van der Waals surface area contributed by atoms with Crippen molar-refractivity contribution < 1.29 is 9.59 Å². The summed E-state index contributed by atoms with van der Waals surface area (Å²) in [6.45, 7) is 0. The van der Waals surface area contributed by atoms with Crippen LogP contribution < -0.4 is 0 Å². The molecular weight excluding hydrogens is 280 g/mol. The summed E-state index contributed by atoms with van der Waals surface area (Å²) >= 11 is 4.12. The van der Waals surface area contributed by atoms with Crippen LogP contribution in [0.15, 0.2) is 42.5 Å². The molecule has 2 nitrogen and oxygen atoms in total. The molecule has 1 aliphatic rings. The zero-order valence-electron chi connectivity index (χ0n) is 11.2. The third-order valence-corrected chi connectivity index (χ3v) is 3.63. The van der Waals surface area contributed by atoms with Gasteiger partial charge in [-0.2, -0.15) is 12.6 Å². The van der Waals surface area contributed by atoms with Crippen LogP contribution in [-0.4, -0.2) is 17.3 Å². The largest absolute Gasteiger partial charge is 0.285 e. The quantitative estimate of drug-likeness (QED) is 0.496. The predicted octanol–water partition coefficient (Wildman–Crippen LogP) is 3.40. The van der Waals surface area contributed by atoms with Gasteiger partial charge in [0.15, 0.2) is 0 Å². The number of benzene rings is 2. The van der Waals surface area contributed by atoms with Crippen molar-refractivity contribution in [3.05, 3.63) is 59.2 Å². The van der Waals surface area contributed by atoms with Gasteiger partial charge in [-0.25, -0.2) is 0 Å². The number of fused-ring (bicyclic) bond motifs is 3. The first-order chi connectivity index (χ1) is 10.2. The van der Waals surface area contributed by atoms with Crippen LogP contribution >= 0.6 is 12.6 Å². The highest BCUT2D eigenvalue weighted by atomic mass is 32.1. The van der Waals surface area contributed by atoms with Crippen molar-refractivity contribution in [1.29, 1.82) is 0 Å². The highest BCUT2D eigenvalue weighted by Crippen LogP contribution is 2.33. The Balaban J connectivity index is 2.16. The second kappa shape index (κ2) is 5.59. The number of thiol groups is 1. The number of ketones is 2. The van der Waals surface area contributed by atoms with Crippen molar-refractivity contribution in [3.8, 4) is 23.0 Å². The summed E-state index contributed by atoms with van der Waals surface area (Å²) in [5, 5.41) is 0. The predicted molar refractivity (Wildman–Crippen MR) is 85.9 cm³/mol. The molecule has 0 amide bonds. The number of carbonyl (C=O) groups is 2. The minimum atomic E-state index is -0.446. The number of carbonyl (C=O) groups excluding carboxylic acids is 2. The molecule has 0 aromatic heterocycles. The van der Waals surface area contributed by atoms with Gasteiger partial charge in [0.25, 0.3) is 0 Å². The fraction of sp³-hybridized carbons (Fsp3) is 0.111. The molecule has 0 N–H and O–H groups in total. The summed E-state index contributed by atoms with van der Waals surface area (Å²) in [6, 6.07) is 12.5. The zero-order chi connectivity index (χ0) is 14.8. The molecule has 0 aliphatic heterocycles. The summed E-state index contributed by atoms with van der Waals surface area (Å²) in [5.41, 5.74) is 3.35. The molecule has 1 aliphatic carbocycles. The molecule has 0 saturated carbocycles. The van der Waals surface area contributed by atoms with E-state index in [0.29, 0.717) is 23.3 Å². The molecule has 0 heterocycles. The van der Waals surface area contributed by atoms with E-state index in [9.17, 15) is 9.59 Å². The van der Waals surface area contributed by atoms with Crippen molar-refractivity contribution in [1.82, 2.24) is 0 Å². The summed E-state index contributed by atoms with van der Waals surface area (Å²) in [6.07, 6.45) is 0.716. The normalized spacial score (nSPS) is 12.2. The minimum absolute atomic E-state index is 0.438. The number of rotatable bonds is 1. The van der Waals surface area contributed by atoms with E-state index in [1.165, 1.54) is 0 Å². The lowest BCUT2D eigenvalue weighted by molar-refractivity contribution is 0.0815. The maximum atomic E-state index is 12.2. The SMILES string of the molecule is O=C1C(=O)c2ccc(C#CCCS)cc2-c2ccccc21. The van der Waals surface area contributed by atoms with E-state index < -0.39 is 11.6 Å². The second-order valence-corrected chi connectivity index (χ2v) is 5.19. The number of Topliss-reactive ketones (excluding diaryl/α,β-unsaturated/α-hetero) is 2. The Morgan fingerprint density at radius 3 is 2.24 bits per heavy atom. The van der Waals surface area contributed by atoms with E-state index >= 15 is 0 Å². The number of hydrogen-bond acceptors (Lipinski definition) is 3. The Bertz CT molecular complexity index is 809. The summed E-state index contributed by atoms with van der Waals surface area (Å²) in [4.78, 5) is 24.2. The van der Waals surface area contributed by atoms with Crippen LogP contribution in [0.1, 0.15) is 32.7 Å². The molecule has 0 spiro atoms. The van der Waals surface area contributed by atoms with Crippen molar-refractivity contribution >= 4 is 24.2 Å². The Labute approximate surface area is 128 Å². The summed E-state index contributed by atoms with van der Waals surface area (Å²) in [7, 11) is 0. The molecule has 21 heavy (non-hydrogen) atoms. The van der Waals surface area contributed by atoms with Crippen LogP contribution in [0.2, 0.25) is 0 Å². The van der Waals surface area contributed by atoms with E-state index in [1.54, 1.807) is 24.3 Å². The minimum Gasteiger partial charge on any atom is -0.285 e. The third kappa shape index (κ3) is 2.39. The van der Waals surface area contributed by atoms with Crippen molar-refractivity contribution in [3.63, 3.8) is 0 Å². The van der Waals surface area contributed by atoms with Gasteiger partial charge in [0, 0.05) is 28.9 Å². The molecule has 2 aromatic carbocycles. The van der Waals surface area contributed by atoms with E-state index in [-0.39, 0.29) is 0 Å². The first-order valence-corrected chi connectivity index (χ1v) is 7.28.